The number of carbonyl (C=O) groups excluding carboxylic acids is 1. The van der Waals surface area contributed by atoms with Gasteiger partial charge in [0.1, 0.15) is 0 Å². The van der Waals surface area contributed by atoms with Gasteiger partial charge in [0.2, 0.25) is 5.91 Å². The topological polar surface area (TPSA) is 29.1 Å². The lowest BCUT2D eigenvalue weighted by Gasteiger charge is -2.17. The van der Waals surface area contributed by atoms with Gasteiger partial charge in [-0.25, -0.2) is 0 Å². The van der Waals surface area contributed by atoms with E-state index in [2.05, 4.69) is 35.6 Å². The fraction of sp³-hybridized carbons (Fsp3) is 0.500. The van der Waals surface area contributed by atoms with Crippen LogP contribution in [0.2, 0.25) is 0 Å². The van der Waals surface area contributed by atoms with Crippen LogP contribution in [0.5, 0.6) is 0 Å². The number of rotatable bonds is 2. The molecule has 1 amide bonds. The van der Waals surface area contributed by atoms with Crippen molar-refractivity contribution in [2.45, 2.75) is 31.7 Å². The van der Waals surface area contributed by atoms with Crippen LogP contribution in [0.3, 0.4) is 0 Å². The van der Waals surface area contributed by atoms with Crippen molar-refractivity contribution in [1.29, 1.82) is 0 Å². The third-order valence-corrected chi connectivity index (χ3v) is 4.05. The average Bonchev–Trinajstić information content (AvgIpc) is 2.99. The average molecular weight is 215 g/mol. The summed E-state index contributed by atoms with van der Waals surface area (Å²) in [6.45, 7) is 1.62. The van der Waals surface area contributed by atoms with E-state index in [1.54, 1.807) is 6.92 Å². The van der Waals surface area contributed by atoms with Gasteiger partial charge in [-0.05, 0) is 36.2 Å². The Bertz CT molecular complexity index is 400. The van der Waals surface area contributed by atoms with E-state index in [-0.39, 0.29) is 5.91 Å². The first-order valence-corrected chi connectivity index (χ1v) is 6.08. The highest BCUT2D eigenvalue weighted by Crippen LogP contribution is 2.59. The smallest absolute Gasteiger partial charge is 0.217 e. The minimum atomic E-state index is 0.115. The van der Waals surface area contributed by atoms with E-state index in [0.717, 1.165) is 18.3 Å². The van der Waals surface area contributed by atoms with Gasteiger partial charge in [-0.1, -0.05) is 30.3 Å². The molecule has 0 bridgehead atoms. The molecule has 16 heavy (non-hydrogen) atoms. The van der Waals surface area contributed by atoms with Crippen molar-refractivity contribution in [1.82, 2.24) is 5.32 Å². The van der Waals surface area contributed by atoms with Crippen LogP contribution in [-0.4, -0.2) is 11.9 Å². The second-order valence-electron chi connectivity index (χ2n) is 5.12. The summed E-state index contributed by atoms with van der Waals surface area (Å²) in [7, 11) is 0. The molecule has 0 spiro atoms. The first-order valence-electron chi connectivity index (χ1n) is 6.08. The van der Waals surface area contributed by atoms with Crippen LogP contribution in [0.4, 0.5) is 0 Å². The summed E-state index contributed by atoms with van der Waals surface area (Å²) in [6.07, 6.45) is 2.42. The maximum absolute atomic E-state index is 11.1. The van der Waals surface area contributed by atoms with Gasteiger partial charge in [-0.2, -0.15) is 0 Å². The van der Waals surface area contributed by atoms with E-state index in [1.165, 1.54) is 12.0 Å². The van der Waals surface area contributed by atoms with Crippen LogP contribution < -0.4 is 5.32 Å². The highest BCUT2D eigenvalue weighted by Gasteiger charge is 2.54. The van der Waals surface area contributed by atoms with Crippen molar-refractivity contribution in [3.05, 3.63) is 35.9 Å². The fourth-order valence-electron chi connectivity index (χ4n) is 3.29. The van der Waals surface area contributed by atoms with Gasteiger partial charge in [0.25, 0.3) is 0 Å². The molecule has 2 nitrogen and oxygen atoms in total. The lowest BCUT2D eigenvalue weighted by Crippen LogP contribution is -2.33. The SMILES string of the molecule is CC(=O)NC1CC(c2ccccc2)C2CC12. The van der Waals surface area contributed by atoms with Gasteiger partial charge in [0, 0.05) is 13.0 Å². The summed E-state index contributed by atoms with van der Waals surface area (Å²) in [5, 5.41) is 3.09. The predicted octanol–water partition coefficient (Wildman–Crippen LogP) is 2.31. The van der Waals surface area contributed by atoms with E-state index in [1.807, 2.05) is 0 Å². The summed E-state index contributed by atoms with van der Waals surface area (Å²) < 4.78 is 0. The number of nitrogens with one attached hydrogen (secondary N) is 1. The molecular formula is C14H17NO. The van der Waals surface area contributed by atoms with E-state index in [0.29, 0.717) is 12.0 Å². The third kappa shape index (κ3) is 1.62. The standard InChI is InChI=1S/C14H17NO/c1-9(16)15-14-8-11(12-7-13(12)14)10-5-3-2-4-6-10/h2-6,11-14H,7-8H2,1H3,(H,15,16). The van der Waals surface area contributed by atoms with Gasteiger partial charge in [0.15, 0.2) is 0 Å². The largest absolute Gasteiger partial charge is 0.353 e. The van der Waals surface area contributed by atoms with E-state index >= 15 is 0 Å². The van der Waals surface area contributed by atoms with Gasteiger partial charge < -0.3 is 5.32 Å². The molecule has 4 atom stereocenters. The molecule has 1 aromatic carbocycles. The molecule has 84 valence electrons. The Labute approximate surface area is 96.1 Å². The van der Waals surface area contributed by atoms with Crippen molar-refractivity contribution >= 4 is 5.91 Å². The molecule has 3 rings (SSSR count). The maximum atomic E-state index is 11.1. The molecule has 2 saturated carbocycles. The van der Waals surface area contributed by atoms with Gasteiger partial charge in [-0.15, -0.1) is 0 Å². The zero-order valence-corrected chi connectivity index (χ0v) is 9.52. The zero-order chi connectivity index (χ0) is 11.1. The van der Waals surface area contributed by atoms with Crippen LogP contribution in [0, 0.1) is 11.8 Å². The van der Waals surface area contributed by atoms with Crippen molar-refractivity contribution in [2.75, 3.05) is 0 Å². The summed E-state index contributed by atoms with van der Waals surface area (Å²) in [5.41, 5.74) is 1.45. The van der Waals surface area contributed by atoms with Crippen LogP contribution in [0.15, 0.2) is 30.3 Å². The monoisotopic (exact) mass is 215 g/mol. The summed E-state index contributed by atoms with van der Waals surface area (Å²) in [5.74, 6) is 2.35. The molecule has 0 heterocycles. The minimum absolute atomic E-state index is 0.115. The number of fused-ring (bicyclic) bond motifs is 1. The van der Waals surface area contributed by atoms with Crippen molar-refractivity contribution in [3.63, 3.8) is 0 Å². The summed E-state index contributed by atoms with van der Waals surface area (Å²) in [4.78, 5) is 11.1. The number of amides is 1. The highest BCUT2D eigenvalue weighted by molar-refractivity contribution is 5.73. The Morgan fingerprint density at radius 1 is 1.19 bits per heavy atom. The van der Waals surface area contributed by atoms with Gasteiger partial charge >= 0.3 is 0 Å². The number of hydrogen-bond donors (Lipinski definition) is 1. The molecular weight excluding hydrogens is 198 g/mol. The Balaban J connectivity index is 1.74. The van der Waals surface area contributed by atoms with Crippen molar-refractivity contribution < 1.29 is 4.79 Å². The second kappa shape index (κ2) is 3.62. The number of hydrogen-bond acceptors (Lipinski definition) is 1. The van der Waals surface area contributed by atoms with Crippen LogP contribution in [0.1, 0.15) is 31.2 Å². The van der Waals surface area contributed by atoms with E-state index in [4.69, 9.17) is 0 Å². The van der Waals surface area contributed by atoms with Gasteiger partial charge in [0.05, 0.1) is 0 Å². The lowest BCUT2D eigenvalue weighted by molar-refractivity contribution is -0.119. The van der Waals surface area contributed by atoms with Crippen LogP contribution in [-0.2, 0) is 4.79 Å². The highest BCUT2D eigenvalue weighted by atomic mass is 16.1. The number of benzene rings is 1. The molecule has 2 heteroatoms. The Kier molecular flexibility index (Phi) is 2.23. The zero-order valence-electron chi connectivity index (χ0n) is 9.52. The molecule has 0 aliphatic heterocycles. The molecule has 2 aliphatic rings. The number of carbonyl (C=O) groups is 1. The Morgan fingerprint density at radius 2 is 1.94 bits per heavy atom. The first-order chi connectivity index (χ1) is 7.75. The van der Waals surface area contributed by atoms with Crippen LogP contribution >= 0.6 is 0 Å². The third-order valence-electron chi connectivity index (χ3n) is 4.05. The molecule has 1 N–H and O–H groups in total. The summed E-state index contributed by atoms with van der Waals surface area (Å²) >= 11 is 0. The normalized spacial score (nSPS) is 35.6. The molecule has 2 aliphatic carbocycles. The minimum Gasteiger partial charge on any atom is -0.353 e. The van der Waals surface area contributed by atoms with E-state index < -0.39 is 0 Å². The lowest BCUT2D eigenvalue weighted by atomic mass is 9.93. The fourth-order valence-corrected chi connectivity index (χ4v) is 3.29. The molecule has 4 unspecified atom stereocenters. The van der Waals surface area contributed by atoms with Gasteiger partial charge in [-0.3, -0.25) is 4.79 Å². The molecule has 1 aromatic rings. The Morgan fingerprint density at radius 3 is 2.62 bits per heavy atom. The summed E-state index contributed by atoms with van der Waals surface area (Å²) in [6, 6.07) is 11.1. The first kappa shape index (κ1) is 9.88. The van der Waals surface area contributed by atoms with Crippen molar-refractivity contribution in [3.8, 4) is 0 Å². The molecule has 0 saturated heterocycles. The predicted molar refractivity (Wildman–Crippen MR) is 63.0 cm³/mol. The maximum Gasteiger partial charge on any atom is 0.217 e. The molecule has 2 fully saturated rings. The van der Waals surface area contributed by atoms with Crippen molar-refractivity contribution in [2.24, 2.45) is 11.8 Å². The quantitative estimate of drug-likeness (QED) is 0.806. The molecule has 0 radical (unpaired) electrons. The van der Waals surface area contributed by atoms with E-state index in [9.17, 15) is 4.79 Å². The molecule has 0 aromatic heterocycles. The Hall–Kier alpha value is -1.31. The second-order valence-corrected chi connectivity index (χ2v) is 5.12. The van der Waals surface area contributed by atoms with Crippen LogP contribution in [0.25, 0.3) is 0 Å².